The Hall–Kier alpha value is -2.30. The number of para-hydroxylation sites is 1. The number of fused-ring (bicyclic) bond motifs is 1. The standard InChI is InChI=1S/C19H23N3O2/c1-20-13-16(15-5-2-3-6-17(15)20)19(24)22-10-4-9-21(11-12-22)18(23)14-7-8-14/h2-3,5-6,13-14H,4,7-12H2,1H3. The van der Waals surface area contributed by atoms with Gasteiger partial charge in [0.25, 0.3) is 5.91 Å². The molecule has 1 aromatic heterocycles. The number of hydrogen-bond donors (Lipinski definition) is 0. The van der Waals surface area contributed by atoms with E-state index in [0.29, 0.717) is 13.1 Å². The van der Waals surface area contributed by atoms with E-state index in [1.165, 1.54) is 0 Å². The molecule has 24 heavy (non-hydrogen) atoms. The lowest BCUT2D eigenvalue weighted by molar-refractivity contribution is -0.132. The molecule has 0 radical (unpaired) electrons. The van der Waals surface area contributed by atoms with Gasteiger partial charge in [-0.05, 0) is 25.3 Å². The van der Waals surface area contributed by atoms with Crippen molar-refractivity contribution >= 4 is 22.7 Å². The van der Waals surface area contributed by atoms with Gasteiger partial charge in [0.2, 0.25) is 5.91 Å². The first kappa shape index (κ1) is 15.2. The van der Waals surface area contributed by atoms with Crippen molar-refractivity contribution in [1.82, 2.24) is 14.4 Å². The average molecular weight is 325 g/mol. The monoisotopic (exact) mass is 325 g/mol. The second-order valence-electron chi connectivity index (χ2n) is 6.92. The highest BCUT2D eigenvalue weighted by atomic mass is 16.2. The maximum atomic E-state index is 13.0. The number of carbonyl (C=O) groups is 2. The van der Waals surface area contributed by atoms with Crippen LogP contribution in [0.25, 0.3) is 10.9 Å². The molecule has 1 aromatic carbocycles. The van der Waals surface area contributed by atoms with Gasteiger partial charge in [0.1, 0.15) is 0 Å². The number of nitrogens with zero attached hydrogens (tertiary/aromatic N) is 3. The summed E-state index contributed by atoms with van der Waals surface area (Å²) in [6.45, 7) is 2.78. The van der Waals surface area contributed by atoms with Gasteiger partial charge in [-0.3, -0.25) is 9.59 Å². The van der Waals surface area contributed by atoms with Crippen LogP contribution in [-0.2, 0) is 11.8 Å². The first-order valence-electron chi connectivity index (χ1n) is 8.77. The van der Waals surface area contributed by atoms with E-state index < -0.39 is 0 Å². The van der Waals surface area contributed by atoms with E-state index in [9.17, 15) is 9.59 Å². The second-order valence-corrected chi connectivity index (χ2v) is 6.92. The Labute approximate surface area is 141 Å². The molecule has 126 valence electrons. The van der Waals surface area contributed by atoms with Crippen LogP contribution in [0.15, 0.2) is 30.5 Å². The zero-order chi connectivity index (χ0) is 16.7. The van der Waals surface area contributed by atoms with Gasteiger partial charge in [0, 0.05) is 56.2 Å². The molecular weight excluding hydrogens is 302 g/mol. The topological polar surface area (TPSA) is 45.6 Å². The minimum absolute atomic E-state index is 0.0764. The molecule has 0 unspecified atom stereocenters. The third-order valence-electron chi connectivity index (χ3n) is 5.15. The summed E-state index contributed by atoms with van der Waals surface area (Å²) in [5.74, 6) is 0.618. The van der Waals surface area contributed by atoms with Gasteiger partial charge in [-0.15, -0.1) is 0 Å². The van der Waals surface area contributed by atoms with Crippen LogP contribution in [0.4, 0.5) is 0 Å². The molecular formula is C19H23N3O2. The van der Waals surface area contributed by atoms with E-state index in [1.54, 1.807) is 0 Å². The Bertz CT molecular complexity index is 791. The normalized spacial score (nSPS) is 18.7. The molecule has 4 rings (SSSR count). The molecule has 5 nitrogen and oxygen atoms in total. The van der Waals surface area contributed by atoms with Gasteiger partial charge < -0.3 is 14.4 Å². The predicted octanol–water partition coefficient (Wildman–Crippen LogP) is 2.26. The number of aromatic nitrogens is 1. The van der Waals surface area contributed by atoms with E-state index in [2.05, 4.69) is 0 Å². The lowest BCUT2D eigenvalue weighted by atomic mass is 10.1. The average Bonchev–Trinajstić information content (AvgIpc) is 3.41. The first-order chi connectivity index (χ1) is 11.6. The largest absolute Gasteiger partial charge is 0.350 e. The quantitative estimate of drug-likeness (QED) is 0.850. The minimum Gasteiger partial charge on any atom is -0.350 e. The fourth-order valence-corrected chi connectivity index (χ4v) is 3.61. The van der Waals surface area contributed by atoms with Gasteiger partial charge in [-0.1, -0.05) is 18.2 Å². The Balaban J connectivity index is 1.52. The third kappa shape index (κ3) is 2.68. The predicted molar refractivity (Wildman–Crippen MR) is 92.7 cm³/mol. The summed E-state index contributed by atoms with van der Waals surface area (Å²) in [5.41, 5.74) is 1.83. The second kappa shape index (κ2) is 5.96. The molecule has 1 saturated heterocycles. The molecule has 0 N–H and O–H groups in total. The molecule has 2 heterocycles. The van der Waals surface area contributed by atoms with Crippen LogP contribution in [0.1, 0.15) is 29.6 Å². The number of amides is 2. The fourth-order valence-electron chi connectivity index (χ4n) is 3.61. The highest BCUT2D eigenvalue weighted by Crippen LogP contribution is 2.31. The Morgan fingerprint density at radius 2 is 1.71 bits per heavy atom. The fraction of sp³-hybridized carbons (Fsp3) is 0.474. The highest BCUT2D eigenvalue weighted by molar-refractivity contribution is 6.07. The number of rotatable bonds is 2. The summed E-state index contributed by atoms with van der Waals surface area (Å²) in [4.78, 5) is 29.1. The van der Waals surface area contributed by atoms with E-state index in [0.717, 1.165) is 48.8 Å². The van der Waals surface area contributed by atoms with Crippen molar-refractivity contribution in [2.75, 3.05) is 26.2 Å². The molecule has 0 bridgehead atoms. The highest BCUT2D eigenvalue weighted by Gasteiger charge is 2.34. The van der Waals surface area contributed by atoms with E-state index in [4.69, 9.17) is 0 Å². The van der Waals surface area contributed by atoms with Crippen molar-refractivity contribution in [3.8, 4) is 0 Å². The van der Waals surface area contributed by atoms with Crippen molar-refractivity contribution in [2.45, 2.75) is 19.3 Å². The minimum atomic E-state index is 0.0764. The Morgan fingerprint density at radius 3 is 2.50 bits per heavy atom. The number of hydrogen-bond acceptors (Lipinski definition) is 2. The zero-order valence-electron chi connectivity index (χ0n) is 14.1. The van der Waals surface area contributed by atoms with E-state index in [1.807, 2.05) is 51.9 Å². The molecule has 1 aliphatic heterocycles. The van der Waals surface area contributed by atoms with Crippen molar-refractivity contribution < 1.29 is 9.59 Å². The van der Waals surface area contributed by atoms with Crippen molar-refractivity contribution in [1.29, 1.82) is 0 Å². The van der Waals surface area contributed by atoms with Crippen LogP contribution in [0, 0.1) is 5.92 Å². The summed E-state index contributed by atoms with van der Waals surface area (Å²) in [6.07, 6.45) is 4.85. The first-order valence-corrected chi connectivity index (χ1v) is 8.77. The number of benzene rings is 1. The van der Waals surface area contributed by atoms with Crippen molar-refractivity contribution in [3.05, 3.63) is 36.0 Å². The third-order valence-corrected chi connectivity index (χ3v) is 5.15. The molecule has 1 aliphatic carbocycles. The number of aryl methyl sites for hydroxylation is 1. The van der Waals surface area contributed by atoms with Crippen LogP contribution in [0.5, 0.6) is 0 Å². The Morgan fingerprint density at radius 1 is 1.00 bits per heavy atom. The molecule has 5 heteroatoms. The van der Waals surface area contributed by atoms with Crippen molar-refractivity contribution in [2.24, 2.45) is 13.0 Å². The molecule has 2 aliphatic rings. The molecule has 1 saturated carbocycles. The van der Waals surface area contributed by atoms with Gasteiger partial charge in [0.15, 0.2) is 0 Å². The summed E-state index contributed by atoms with van der Waals surface area (Å²) in [6, 6.07) is 8.00. The Kier molecular flexibility index (Phi) is 3.79. The smallest absolute Gasteiger partial charge is 0.256 e. The van der Waals surface area contributed by atoms with Crippen LogP contribution >= 0.6 is 0 Å². The van der Waals surface area contributed by atoms with Crippen LogP contribution < -0.4 is 0 Å². The van der Waals surface area contributed by atoms with Crippen LogP contribution in [0.2, 0.25) is 0 Å². The molecule has 0 atom stereocenters. The van der Waals surface area contributed by atoms with Gasteiger partial charge in [-0.25, -0.2) is 0 Å². The molecule has 2 aromatic rings. The maximum Gasteiger partial charge on any atom is 0.256 e. The van der Waals surface area contributed by atoms with Crippen LogP contribution in [-0.4, -0.2) is 52.4 Å². The SMILES string of the molecule is Cn1cc(C(=O)N2CCCN(C(=O)C3CC3)CC2)c2ccccc21. The van der Waals surface area contributed by atoms with Gasteiger partial charge in [0.05, 0.1) is 5.56 Å². The van der Waals surface area contributed by atoms with Crippen molar-refractivity contribution in [3.63, 3.8) is 0 Å². The molecule has 2 amide bonds. The summed E-state index contributed by atoms with van der Waals surface area (Å²) < 4.78 is 2.00. The lowest BCUT2D eigenvalue weighted by Gasteiger charge is -2.22. The van der Waals surface area contributed by atoms with Crippen LogP contribution in [0.3, 0.4) is 0 Å². The zero-order valence-corrected chi connectivity index (χ0v) is 14.1. The molecule has 0 spiro atoms. The summed E-state index contributed by atoms with van der Waals surface area (Å²) in [7, 11) is 1.97. The van der Waals surface area contributed by atoms with E-state index >= 15 is 0 Å². The number of carbonyl (C=O) groups excluding carboxylic acids is 2. The van der Waals surface area contributed by atoms with Gasteiger partial charge in [-0.2, -0.15) is 0 Å². The molecule has 2 fully saturated rings. The van der Waals surface area contributed by atoms with E-state index in [-0.39, 0.29) is 17.7 Å². The van der Waals surface area contributed by atoms with Gasteiger partial charge >= 0.3 is 0 Å². The lowest BCUT2D eigenvalue weighted by Crippen LogP contribution is -2.37. The maximum absolute atomic E-state index is 13.0. The summed E-state index contributed by atoms with van der Waals surface area (Å²) in [5, 5.41) is 1.00. The summed E-state index contributed by atoms with van der Waals surface area (Å²) >= 11 is 0.